The van der Waals surface area contributed by atoms with Crippen molar-refractivity contribution in [3.8, 4) is 11.8 Å². The van der Waals surface area contributed by atoms with E-state index in [9.17, 15) is 12.8 Å². The Morgan fingerprint density at radius 3 is 2.61 bits per heavy atom. The molecule has 0 unspecified atom stereocenters. The van der Waals surface area contributed by atoms with Gasteiger partial charge < -0.3 is 4.74 Å². The molecule has 0 saturated heterocycles. The van der Waals surface area contributed by atoms with Gasteiger partial charge in [-0.05, 0) is 32.0 Å². The van der Waals surface area contributed by atoms with Gasteiger partial charge in [-0.25, -0.2) is 12.8 Å². The Bertz CT molecular complexity index is 561. The lowest BCUT2D eigenvalue weighted by Gasteiger charge is -2.09. The molecule has 18 heavy (non-hydrogen) atoms. The van der Waals surface area contributed by atoms with Crippen LogP contribution in [-0.4, -0.2) is 26.0 Å². The molecule has 1 aromatic rings. The third-order valence-electron chi connectivity index (χ3n) is 2.40. The van der Waals surface area contributed by atoms with Crippen LogP contribution in [0.1, 0.15) is 19.4 Å². The molecule has 6 heteroatoms. The van der Waals surface area contributed by atoms with Crippen LogP contribution >= 0.6 is 0 Å². The fourth-order valence-electron chi connectivity index (χ4n) is 1.19. The average Bonchev–Trinajstić information content (AvgIpc) is 2.30. The largest absolute Gasteiger partial charge is 0.489 e. The predicted molar refractivity (Wildman–Crippen MR) is 65.5 cm³/mol. The van der Waals surface area contributed by atoms with Crippen LogP contribution in [0.2, 0.25) is 0 Å². The molecule has 0 N–H and O–H groups in total. The minimum Gasteiger partial charge on any atom is -0.489 e. The van der Waals surface area contributed by atoms with Crippen molar-refractivity contribution < 1.29 is 17.5 Å². The summed E-state index contributed by atoms with van der Waals surface area (Å²) in [5, 5.41) is 8.08. The van der Waals surface area contributed by atoms with Crippen molar-refractivity contribution in [2.45, 2.75) is 19.1 Å². The summed E-state index contributed by atoms with van der Waals surface area (Å²) in [6.45, 7) is 3.05. The summed E-state index contributed by atoms with van der Waals surface area (Å²) in [5.41, 5.74) is 0.189. The summed E-state index contributed by atoms with van der Waals surface area (Å²) in [5.74, 6) is -0.881. The summed E-state index contributed by atoms with van der Waals surface area (Å²) in [6.07, 6.45) is 0. The fraction of sp³-hybridized carbons (Fsp3) is 0.417. The predicted octanol–water partition coefficient (Wildman–Crippen LogP) is 1.90. The van der Waals surface area contributed by atoms with Gasteiger partial charge in [-0.15, -0.1) is 0 Å². The molecule has 0 radical (unpaired) electrons. The maximum Gasteiger partial charge on any atom is 0.166 e. The van der Waals surface area contributed by atoms with E-state index in [1.54, 1.807) is 19.9 Å². The first-order valence-corrected chi connectivity index (χ1v) is 7.12. The van der Waals surface area contributed by atoms with E-state index in [1.165, 1.54) is 12.1 Å². The van der Waals surface area contributed by atoms with Crippen LogP contribution in [0.25, 0.3) is 0 Å². The molecule has 4 nitrogen and oxygen atoms in total. The highest BCUT2D eigenvalue weighted by Crippen LogP contribution is 2.18. The van der Waals surface area contributed by atoms with Gasteiger partial charge in [0.1, 0.15) is 6.61 Å². The molecule has 0 bridgehead atoms. The van der Waals surface area contributed by atoms with Gasteiger partial charge in [-0.1, -0.05) is 0 Å². The number of nitriles is 1. The van der Waals surface area contributed by atoms with Gasteiger partial charge >= 0.3 is 0 Å². The molecule has 0 atom stereocenters. The Labute approximate surface area is 106 Å². The second kappa shape index (κ2) is 5.83. The molecule has 1 aromatic carbocycles. The quantitative estimate of drug-likeness (QED) is 0.820. The second-order valence-electron chi connectivity index (χ2n) is 4.02. The molecule has 0 saturated carbocycles. The summed E-state index contributed by atoms with van der Waals surface area (Å²) in [6, 6.07) is 5.57. The summed E-state index contributed by atoms with van der Waals surface area (Å²) in [7, 11) is -3.19. The van der Waals surface area contributed by atoms with Gasteiger partial charge in [0.2, 0.25) is 0 Å². The number of sulfone groups is 1. The van der Waals surface area contributed by atoms with Crippen molar-refractivity contribution >= 4 is 9.84 Å². The zero-order chi connectivity index (χ0) is 13.8. The van der Waals surface area contributed by atoms with E-state index < -0.39 is 20.9 Å². The number of hydrogen-bond acceptors (Lipinski definition) is 4. The van der Waals surface area contributed by atoms with E-state index >= 15 is 0 Å². The van der Waals surface area contributed by atoms with Crippen LogP contribution in [0, 0.1) is 17.1 Å². The number of ether oxygens (including phenoxy) is 1. The first-order valence-electron chi connectivity index (χ1n) is 5.41. The third-order valence-corrected chi connectivity index (χ3v) is 4.58. The topological polar surface area (TPSA) is 67.2 Å². The molecular weight excluding hydrogens is 257 g/mol. The molecule has 0 aromatic heterocycles. The van der Waals surface area contributed by atoms with Crippen molar-refractivity contribution in [2.24, 2.45) is 0 Å². The number of benzene rings is 1. The Kier molecular flexibility index (Phi) is 4.68. The Morgan fingerprint density at radius 2 is 2.11 bits per heavy atom. The first-order chi connectivity index (χ1) is 8.36. The van der Waals surface area contributed by atoms with Crippen molar-refractivity contribution in [2.75, 3.05) is 12.4 Å². The van der Waals surface area contributed by atoms with Gasteiger partial charge in [0.05, 0.1) is 22.6 Å². The lowest BCUT2D eigenvalue weighted by atomic mass is 10.2. The molecule has 0 fully saturated rings. The van der Waals surface area contributed by atoms with Crippen LogP contribution in [-0.2, 0) is 9.84 Å². The Morgan fingerprint density at radius 1 is 1.44 bits per heavy atom. The average molecular weight is 271 g/mol. The zero-order valence-corrected chi connectivity index (χ0v) is 11.0. The molecular formula is C12H14FNO3S. The highest BCUT2D eigenvalue weighted by atomic mass is 32.2. The molecule has 0 amide bonds. The summed E-state index contributed by atoms with van der Waals surface area (Å²) in [4.78, 5) is 0. The zero-order valence-electron chi connectivity index (χ0n) is 10.2. The van der Waals surface area contributed by atoms with Crippen LogP contribution < -0.4 is 4.74 Å². The molecule has 0 aliphatic carbocycles. The van der Waals surface area contributed by atoms with Gasteiger partial charge in [0, 0.05) is 0 Å². The minimum atomic E-state index is -3.19. The molecule has 0 heterocycles. The SMILES string of the molecule is CC(C)S(=O)(=O)CCOc1ccc(C#N)cc1F. The van der Waals surface area contributed by atoms with Gasteiger partial charge in [0.25, 0.3) is 0 Å². The van der Waals surface area contributed by atoms with Crippen molar-refractivity contribution in [3.63, 3.8) is 0 Å². The van der Waals surface area contributed by atoms with E-state index in [2.05, 4.69) is 0 Å². The standard InChI is InChI=1S/C12H14FNO3S/c1-9(2)18(15,16)6-5-17-12-4-3-10(8-14)7-11(12)13/h3-4,7,9H,5-6H2,1-2H3. The highest BCUT2D eigenvalue weighted by molar-refractivity contribution is 7.91. The molecule has 98 valence electrons. The number of nitrogens with zero attached hydrogens (tertiary/aromatic N) is 1. The van der Waals surface area contributed by atoms with E-state index in [-0.39, 0.29) is 23.7 Å². The van der Waals surface area contributed by atoms with Gasteiger partial charge in [0.15, 0.2) is 21.4 Å². The second-order valence-corrected chi connectivity index (χ2v) is 6.70. The van der Waals surface area contributed by atoms with Gasteiger partial charge in [-0.2, -0.15) is 5.26 Å². The fourth-order valence-corrected chi connectivity index (χ4v) is 1.98. The third kappa shape index (κ3) is 3.70. The van der Waals surface area contributed by atoms with Crippen LogP contribution in [0.15, 0.2) is 18.2 Å². The first kappa shape index (κ1) is 14.5. The number of hydrogen-bond donors (Lipinski definition) is 0. The van der Waals surface area contributed by atoms with Gasteiger partial charge in [-0.3, -0.25) is 0 Å². The van der Waals surface area contributed by atoms with E-state index in [1.807, 2.05) is 0 Å². The maximum absolute atomic E-state index is 13.4. The molecule has 0 spiro atoms. The maximum atomic E-state index is 13.4. The summed E-state index contributed by atoms with van der Waals surface area (Å²) < 4.78 is 41.4. The van der Waals surface area contributed by atoms with Crippen molar-refractivity contribution in [1.82, 2.24) is 0 Å². The van der Waals surface area contributed by atoms with Crippen LogP contribution in [0.5, 0.6) is 5.75 Å². The number of halogens is 1. The Hall–Kier alpha value is -1.61. The lowest BCUT2D eigenvalue weighted by molar-refractivity contribution is 0.322. The molecule has 1 rings (SSSR count). The smallest absolute Gasteiger partial charge is 0.166 e. The monoisotopic (exact) mass is 271 g/mol. The van der Waals surface area contributed by atoms with E-state index in [0.717, 1.165) is 6.07 Å². The number of rotatable bonds is 5. The lowest BCUT2D eigenvalue weighted by Crippen LogP contribution is -2.22. The summed E-state index contributed by atoms with van der Waals surface area (Å²) >= 11 is 0. The normalized spacial score (nSPS) is 11.3. The van der Waals surface area contributed by atoms with Crippen molar-refractivity contribution in [3.05, 3.63) is 29.6 Å². The Balaban J connectivity index is 2.63. The van der Waals surface area contributed by atoms with Crippen LogP contribution in [0.3, 0.4) is 0 Å². The van der Waals surface area contributed by atoms with E-state index in [0.29, 0.717) is 0 Å². The van der Waals surface area contributed by atoms with Crippen LogP contribution in [0.4, 0.5) is 4.39 Å². The minimum absolute atomic E-state index is 0.0482. The molecule has 0 aliphatic heterocycles. The van der Waals surface area contributed by atoms with Crippen molar-refractivity contribution in [1.29, 1.82) is 5.26 Å². The van der Waals surface area contributed by atoms with E-state index in [4.69, 9.17) is 10.00 Å². The highest BCUT2D eigenvalue weighted by Gasteiger charge is 2.16. The molecule has 0 aliphatic rings.